The molecule has 2 N–H and O–H groups in total. The number of halogens is 2. The minimum Gasteiger partial charge on any atom is -0.497 e. The second-order valence-corrected chi connectivity index (χ2v) is 9.78. The van der Waals surface area contributed by atoms with Gasteiger partial charge in [-0.3, -0.25) is 10.1 Å². The van der Waals surface area contributed by atoms with Gasteiger partial charge in [-0.1, -0.05) is 46.7 Å². The Morgan fingerprint density at radius 1 is 1.13 bits per heavy atom. The molecule has 158 valence electrons. The second kappa shape index (κ2) is 9.27. The Morgan fingerprint density at radius 2 is 1.83 bits per heavy atom. The molecule has 3 rings (SSSR count). The highest BCUT2D eigenvalue weighted by Gasteiger charge is 2.24. The average Bonchev–Trinajstić information content (AvgIpc) is 3.17. The molecule has 0 saturated carbocycles. The summed E-state index contributed by atoms with van der Waals surface area (Å²) in [6.45, 7) is 1.70. The van der Waals surface area contributed by atoms with E-state index >= 15 is 0 Å². The summed E-state index contributed by atoms with van der Waals surface area (Å²) in [6.07, 6.45) is 0. The lowest BCUT2D eigenvalue weighted by Gasteiger charge is -2.13. The summed E-state index contributed by atoms with van der Waals surface area (Å²) in [7, 11) is -2.40. The first-order chi connectivity index (χ1) is 14.2. The Kier molecular flexibility index (Phi) is 6.94. The summed E-state index contributed by atoms with van der Waals surface area (Å²) in [5.41, 5.74) is 0.918. The van der Waals surface area contributed by atoms with Gasteiger partial charge in [-0.15, -0.1) is 10.2 Å². The molecule has 0 unspecified atom stereocenters. The van der Waals surface area contributed by atoms with Gasteiger partial charge >= 0.3 is 0 Å². The van der Waals surface area contributed by atoms with E-state index in [1.165, 1.54) is 18.2 Å². The van der Waals surface area contributed by atoms with E-state index in [1.54, 1.807) is 38.3 Å². The van der Waals surface area contributed by atoms with Gasteiger partial charge in [-0.2, -0.15) is 0 Å². The van der Waals surface area contributed by atoms with Crippen LogP contribution in [-0.2, 0) is 10.0 Å². The number of amides is 1. The predicted molar refractivity (Wildman–Crippen MR) is 116 cm³/mol. The maximum absolute atomic E-state index is 12.6. The summed E-state index contributed by atoms with van der Waals surface area (Å²) in [6, 6.07) is 10.9. The molecule has 0 saturated heterocycles. The highest BCUT2D eigenvalue weighted by molar-refractivity contribution is 7.91. The predicted octanol–water partition coefficient (Wildman–Crippen LogP) is 4.15. The van der Waals surface area contributed by atoms with E-state index in [-0.39, 0.29) is 20.1 Å². The number of carbonyl (C=O) groups is 1. The maximum Gasteiger partial charge on any atom is 0.270 e. The number of nitrogens with one attached hydrogen (secondary N) is 2. The molecule has 12 heteroatoms. The molecule has 1 atom stereocenters. The van der Waals surface area contributed by atoms with Gasteiger partial charge in [-0.25, -0.2) is 13.1 Å². The van der Waals surface area contributed by atoms with Crippen molar-refractivity contribution in [1.82, 2.24) is 14.9 Å². The van der Waals surface area contributed by atoms with E-state index in [1.807, 2.05) is 0 Å². The number of sulfonamides is 1. The van der Waals surface area contributed by atoms with Crippen molar-refractivity contribution in [3.63, 3.8) is 0 Å². The lowest BCUT2D eigenvalue weighted by Crippen LogP contribution is -2.26. The zero-order valence-corrected chi connectivity index (χ0v) is 18.9. The molecule has 0 fully saturated rings. The fourth-order valence-electron chi connectivity index (χ4n) is 2.45. The van der Waals surface area contributed by atoms with Crippen LogP contribution in [0.4, 0.5) is 5.13 Å². The molecule has 1 heterocycles. The first kappa shape index (κ1) is 22.4. The van der Waals surface area contributed by atoms with Gasteiger partial charge in [0, 0.05) is 11.1 Å². The van der Waals surface area contributed by atoms with Crippen molar-refractivity contribution in [3.05, 3.63) is 63.6 Å². The van der Waals surface area contributed by atoms with Gasteiger partial charge < -0.3 is 4.74 Å². The largest absolute Gasteiger partial charge is 0.497 e. The molecule has 1 amide bonds. The van der Waals surface area contributed by atoms with E-state index in [0.29, 0.717) is 10.8 Å². The Bertz CT molecular complexity index is 1170. The van der Waals surface area contributed by atoms with Gasteiger partial charge in [0.2, 0.25) is 9.47 Å². The fraction of sp³-hybridized carbons (Fsp3) is 0.167. The lowest BCUT2D eigenvalue weighted by atomic mass is 10.1. The van der Waals surface area contributed by atoms with Crippen molar-refractivity contribution in [2.24, 2.45) is 0 Å². The molecule has 0 aliphatic heterocycles. The molecule has 0 aliphatic carbocycles. The van der Waals surface area contributed by atoms with Crippen molar-refractivity contribution >= 4 is 55.6 Å². The van der Waals surface area contributed by atoms with E-state index in [9.17, 15) is 13.2 Å². The molecule has 30 heavy (non-hydrogen) atoms. The number of carbonyl (C=O) groups excluding carboxylic acids is 1. The summed E-state index contributed by atoms with van der Waals surface area (Å²) in [5.74, 6) is 0.107. The summed E-state index contributed by atoms with van der Waals surface area (Å²) >= 11 is 12.6. The second-order valence-electron chi connectivity index (χ2n) is 6.07. The van der Waals surface area contributed by atoms with Crippen LogP contribution < -0.4 is 14.8 Å². The monoisotopic (exact) mass is 486 g/mol. The van der Waals surface area contributed by atoms with Crippen LogP contribution in [0.15, 0.2) is 46.8 Å². The van der Waals surface area contributed by atoms with Gasteiger partial charge in [0.05, 0.1) is 17.7 Å². The molecule has 8 nitrogen and oxygen atoms in total. The van der Waals surface area contributed by atoms with Gasteiger partial charge in [-0.05, 0) is 42.8 Å². The molecule has 0 spiro atoms. The lowest BCUT2D eigenvalue weighted by molar-refractivity contribution is 0.102. The molecule has 1 aromatic heterocycles. The van der Waals surface area contributed by atoms with Gasteiger partial charge in [0.25, 0.3) is 15.9 Å². The SMILES string of the molecule is COc1ccc([C@H](C)NS(=O)(=O)c2nnc(NC(=O)c3ccc(Cl)cc3Cl)s2)cc1. The standard InChI is InChI=1S/C18H16Cl2N4O4S2/c1-10(11-3-6-13(28-2)7-4-11)24-30(26,27)18-23-22-17(29-18)21-16(25)14-8-5-12(19)9-15(14)20/h3-10,24H,1-2H3,(H,21,22,25)/t10-/m0/s1. The van der Waals surface area contributed by atoms with Crippen LogP contribution in [0.25, 0.3) is 0 Å². The number of aromatic nitrogens is 2. The van der Waals surface area contributed by atoms with Crippen LogP contribution >= 0.6 is 34.5 Å². The van der Waals surface area contributed by atoms with Crippen molar-refractivity contribution in [2.75, 3.05) is 12.4 Å². The van der Waals surface area contributed by atoms with E-state index in [4.69, 9.17) is 27.9 Å². The smallest absolute Gasteiger partial charge is 0.270 e. The van der Waals surface area contributed by atoms with E-state index < -0.39 is 22.0 Å². The van der Waals surface area contributed by atoms with Crippen LogP contribution in [0, 0.1) is 0 Å². The molecule has 0 bridgehead atoms. The Hall–Kier alpha value is -2.24. The minimum atomic E-state index is -3.95. The van der Waals surface area contributed by atoms with Crippen molar-refractivity contribution in [1.29, 1.82) is 0 Å². The highest BCUT2D eigenvalue weighted by atomic mass is 35.5. The summed E-state index contributed by atoms with van der Waals surface area (Å²) in [5, 5.41) is 10.4. The number of methoxy groups -OCH3 is 1. The fourth-order valence-corrected chi connectivity index (χ4v) is 5.09. The number of hydrogen-bond donors (Lipinski definition) is 2. The maximum atomic E-state index is 12.6. The molecule has 2 aromatic carbocycles. The minimum absolute atomic E-state index is 0.0171. The Labute approximate surface area is 187 Å². The third kappa shape index (κ3) is 5.27. The number of hydrogen-bond acceptors (Lipinski definition) is 7. The number of ether oxygens (including phenoxy) is 1. The molecular formula is C18H16Cl2N4O4S2. The third-order valence-corrected chi connectivity index (χ3v) is 7.27. The van der Waals surface area contributed by atoms with E-state index in [0.717, 1.165) is 16.9 Å². The topological polar surface area (TPSA) is 110 Å². The van der Waals surface area contributed by atoms with Crippen molar-refractivity contribution in [3.8, 4) is 5.75 Å². The molecule has 0 radical (unpaired) electrons. The van der Waals surface area contributed by atoms with E-state index in [2.05, 4.69) is 20.2 Å². The molecular weight excluding hydrogens is 471 g/mol. The van der Waals surface area contributed by atoms with Crippen molar-refractivity contribution in [2.45, 2.75) is 17.3 Å². The van der Waals surface area contributed by atoms with Crippen LogP contribution in [0.3, 0.4) is 0 Å². The summed E-state index contributed by atoms with van der Waals surface area (Å²) in [4.78, 5) is 12.3. The molecule has 0 aliphatic rings. The van der Waals surface area contributed by atoms with Crippen molar-refractivity contribution < 1.29 is 17.9 Å². The first-order valence-corrected chi connectivity index (χ1v) is 11.5. The number of anilines is 1. The van der Waals surface area contributed by atoms with Gasteiger partial charge in [0.15, 0.2) is 0 Å². The summed E-state index contributed by atoms with van der Waals surface area (Å²) < 4.78 is 32.6. The normalized spacial score (nSPS) is 12.4. The van der Waals surface area contributed by atoms with Gasteiger partial charge in [0.1, 0.15) is 5.75 Å². The van der Waals surface area contributed by atoms with Crippen LogP contribution in [0.2, 0.25) is 10.0 Å². The zero-order valence-electron chi connectivity index (χ0n) is 15.7. The Balaban J connectivity index is 1.71. The number of rotatable bonds is 7. The quantitative estimate of drug-likeness (QED) is 0.485. The molecule has 3 aromatic rings. The van der Waals surface area contributed by atoms with Crippen LogP contribution in [-0.4, -0.2) is 31.6 Å². The number of nitrogens with zero attached hydrogens (tertiary/aromatic N) is 2. The third-order valence-electron chi connectivity index (χ3n) is 3.98. The Morgan fingerprint density at radius 3 is 2.47 bits per heavy atom. The highest BCUT2D eigenvalue weighted by Crippen LogP contribution is 2.25. The number of benzene rings is 2. The van der Waals surface area contributed by atoms with Crippen LogP contribution in [0.5, 0.6) is 5.75 Å². The first-order valence-electron chi connectivity index (χ1n) is 8.46. The van der Waals surface area contributed by atoms with Crippen LogP contribution in [0.1, 0.15) is 28.9 Å². The zero-order chi connectivity index (χ0) is 21.9. The average molecular weight is 487 g/mol.